The van der Waals surface area contributed by atoms with E-state index in [2.05, 4.69) is 5.10 Å². The predicted octanol–water partition coefficient (Wildman–Crippen LogP) is 3.48. The van der Waals surface area contributed by atoms with Gasteiger partial charge in [-0.15, -0.1) is 0 Å². The SMILES string of the molecule is CC(C(=O)c1ccc(F)cc1)n1cc(C(F)(F)F)cn1. The molecule has 0 bridgehead atoms. The van der Waals surface area contributed by atoms with Crippen molar-refractivity contribution < 1.29 is 22.4 Å². The van der Waals surface area contributed by atoms with E-state index < -0.39 is 29.4 Å². The summed E-state index contributed by atoms with van der Waals surface area (Å²) < 4.78 is 51.1. The molecule has 0 saturated carbocycles. The number of hydrogen-bond acceptors (Lipinski definition) is 2. The number of aromatic nitrogens is 2. The van der Waals surface area contributed by atoms with Crippen molar-refractivity contribution >= 4 is 5.78 Å². The van der Waals surface area contributed by atoms with Crippen LogP contribution in [-0.2, 0) is 6.18 Å². The van der Waals surface area contributed by atoms with Crippen LogP contribution in [0.5, 0.6) is 0 Å². The van der Waals surface area contributed by atoms with Crippen LogP contribution < -0.4 is 0 Å². The third-order valence-electron chi connectivity index (χ3n) is 2.83. The number of carbonyl (C=O) groups excluding carboxylic acids is 1. The number of rotatable bonds is 3. The van der Waals surface area contributed by atoms with Gasteiger partial charge in [-0.05, 0) is 31.2 Å². The molecular formula is C13H10F4N2O. The number of nitrogens with zero attached hydrogens (tertiary/aromatic N) is 2. The molecular weight excluding hydrogens is 276 g/mol. The van der Waals surface area contributed by atoms with E-state index in [0.717, 1.165) is 23.0 Å². The predicted molar refractivity (Wildman–Crippen MR) is 62.7 cm³/mol. The molecule has 0 aliphatic heterocycles. The molecule has 7 heteroatoms. The molecule has 0 amide bonds. The van der Waals surface area contributed by atoms with Gasteiger partial charge in [-0.1, -0.05) is 0 Å². The van der Waals surface area contributed by atoms with Crippen molar-refractivity contribution in [2.24, 2.45) is 0 Å². The van der Waals surface area contributed by atoms with Gasteiger partial charge in [0.25, 0.3) is 0 Å². The summed E-state index contributed by atoms with van der Waals surface area (Å²) in [6.45, 7) is 1.43. The molecule has 2 rings (SSSR count). The largest absolute Gasteiger partial charge is 0.419 e. The molecule has 1 atom stereocenters. The highest BCUT2D eigenvalue weighted by Gasteiger charge is 2.33. The minimum Gasteiger partial charge on any atom is -0.292 e. The lowest BCUT2D eigenvalue weighted by molar-refractivity contribution is -0.137. The molecule has 1 unspecified atom stereocenters. The molecule has 0 fully saturated rings. The first-order valence-electron chi connectivity index (χ1n) is 5.70. The highest BCUT2D eigenvalue weighted by molar-refractivity contribution is 5.98. The Hall–Kier alpha value is -2.18. The first-order chi connectivity index (χ1) is 9.29. The first-order valence-corrected chi connectivity index (χ1v) is 5.70. The number of carbonyl (C=O) groups is 1. The van der Waals surface area contributed by atoms with E-state index in [9.17, 15) is 22.4 Å². The number of ketones is 1. The maximum atomic E-state index is 12.8. The zero-order valence-electron chi connectivity index (χ0n) is 10.4. The van der Waals surface area contributed by atoms with E-state index in [1.54, 1.807) is 0 Å². The molecule has 0 spiro atoms. The second kappa shape index (κ2) is 5.07. The molecule has 0 N–H and O–H groups in total. The van der Waals surface area contributed by atoms with Gasteiger partial charge in [0.2, 0.25) is 0 Å². The average molecular weight is 286 g/mol. The van der Waals surface area contributed by atoms with Crippen molar-refractivity contribution in [3.8, 4) is 0 Å². The molecule has 2 aromatic rings. The van der Waals surface area contributed by atoms with Gasteiger partial charge in [0.1, 0.15) is 11.9 Å². The van der Waals surface area contributed by atoms with Crippen LogP contribution >= 0.6 is 0 Å². The fourth-order valence-corrected chi connectivity index (χ4v) is 1.67. The summed E-state index contributed by atoms with van der Waals surface area (Å²) in [7, 11) is 0. The van der Waals surface area contributed by atoms with Gasteiger partial charge in [0.05, 0.1) is 11.8 Å². The summed E-state index contributed by atoms with van der Waals surface area (Å²) in [5, 5.41) is 3.55. The van der Waals surface area contributed by atoms with Crippen molar-refractivity contribution in [3.05, 3.63) is 53.6 Å². The van der Waals surface area contributed by atoms with Crippen LogP contribution in [0.2, 0.25) is 0 Å². The smallest absolute Gasteiger partial charge is 0.292 e. The van der Waals surface area contributed by atoms with Crippen LogP contribution in [0.25, 0.3) is 0 Å². The van der Waals surface area contributed by atoms with Gasteiger partial charge in [0.15, 0.2) is 5.78 Å². The second-order valence-corrected chi connectivity index (χ2v) is 4.25. The average Bonchev–Trinajstić information content (AvgIpc) is 2.87. The zero-order valence-corrected chi connectivity index (χ0v) is 10.4. The molecule has 0 saturated heterocycles. The summed E-state index contributed by atoms with van der Waals surface area (Å²) in [6, 6.07) is 3.88. The molecule has 1 heterocycles. The van der Waals surface area contributed by atoms with Crippen LogP contribution in [0.1, 0.15) is 28.9 Å². The van der Waals surface area contributed by atoms with Gasteiger partial charge < -0.3 is 0 Å². The molecule has 0 radical (unpaired) electrons. The molecule has 1 aromatic carbocycles. The molecule has 1 aromatic heterocycles. The Morgan fingerprint density at radius 1 is 1.25 bits per heavy atom. The number of Topliss-reactive ketones (excluding diaryl/α,β-unsaturated/α-hetero) is 1. The Balaban J connectivity index is 2.22. The summed E-state index contributed by atoms with van der Waals surface area (Å²) in [6.07, 6.45) is -3.07. The van der Waals surface area contributed by atoms with Crippen molar-refractivity contribution in [1.29, 1.82) is 0 Å². The van der Waals surface area contributed by atoms with Gasteiger partial charge in [-0.25, -0.2) is 4.39 Å². The minimum absolute atomic E-state index is 0.211. The maximum Gasteiger partial charge on any atom is 0.419 e. The molecule has 20 heavy (non-hydrogen) atoms. The fourth-order valence-electron chi connectivity index (χ4n) is 1.67. The Morgan fingerprint density at radius 2 is 1.85 bits per heavy atom. The van der Waals surface area contributed by atoms with E-state index >= 15 is 0 Å². The molecule has 106 valence electrons. The fraction of sp³-hybridized carbons (Fsp3) is 0.231. The van der Waals surface area contributed by atoms with E-state index in [1.807, 2.05) is 0 Å². The second-order valence-electron chi connectivity index (χ2n) is 4.25. The minimum atomic E-state index is -4.50. The van der Waals surface area contributed by atoms with Gasteiger partial charge >= 0.3 is 6.18 Å². The summed E-state index contributed by atoms with van der Waals surface area (Å²) in [4.78, 5) is 12.1. The number of halogens is 4. The maximum absolute atomic E-state index is 12.8. The third kappa shape index (κ3) is 2.87. The molecule has 0 aliphatic carbocycles. The normalized spacial score (nSPS) is 13.2. The Bertz CT molecular complexity index is 616. The summed E-state index contributed by atoms with van der Waals surface area (Å²) >= 11 is 0. The van der Waals surface area contributed by atoms with Crippen LogP contribution in [0.15, 0.2) is 36.7 Å². The number of benzene rings is 1. The number of alkyl halides is 3. The summed E-state index contributed by atoms with van der Waals surface area (Å²) in [5.74, 6) is -0.936. The third-order valence-corrected chi connectivity index (χ3v) is 2.83. The lowest BCUT2D eigenvalue weighted by atomic mass is 10.1. The van der Waals surface area contributed by atoms with Gasteiger partial charge in [-0.2, -0.15) is 18.3 Å². The van der Waals surface area contributed by atoms with Crippen LogP contribution in [-0.4, -0.2) is 15.6 Å². The standard InChI is InChI=1S/C13H10F4N2O/c1-8(12(20)9-2-4-11(14)5-3-9)19-7-10(6-18-19)13(15,16)17/h2-8H,1H3. The van der Waals surface area contributed by atoms with Crippen LogP contribution in [0.3, 0.4) is 0 Å². The van der Waals surface area contributed by atoms with Crippen molar-refractivity contribution in [2.75, 3.05) is 0 Å². The Labute approximate surface area is 111 Å². The Morgan fingerprint density at radius 3 is 2.35 bits per heavy atom. The van der Waals surface area contributed by atoms with E-state index in [1.165, 1.54) is 19.1 Å². The molecule has 3 nitrogen and oxygen atoms in total. The molecule has 0 aliphatic rings. The zero-order chi connectivity index (χ0) is 14.9. The van der Waals surface area contributed by atoms with E-state index in [0.29, 0.717) is 6.20 Å². The highest BCUT2D eigenvalue weighted by atomic mass is 19.4. The lowest BCUT2D eigenvalue weighted by Crippen LogP contribution is -2.17. The highest BCUT2D eigenvalue weighted by Crippen LogP contribution is 2.29. The quantitative estimate of drug-likeness (QED) is 0.639. The van der Waals surface area contributed by atoms with Crippen LogP contribution in [0.4, 0.5) is 17.6 Å². The van der Waals surface area contributed by atoms with Gasteiger partial charge in [-0.3, -0.25) is 9.48 Å². The van der Waals surface area contributed by atoms with Gasteiger partial charge in [0, 0.05) is 11.8 Å². The summed E-state index contributed by atoms with van der Waals surface area (Å²) in [5.41, 5.74) is -0.709. The topological polar surface area (TPSA) is 34.9 Å². The van der Waals surface area contributed by atoms with E-state index in [-0.39, 0.29) is 5.56 Å². The van der Waals surface area contributed by atoms with Crippen molar-refractivity contribution in [1.82, 2.24) is 9.78 Å². The van der Waals surface area contributed by atoms with Crippen LogP contribution in [0, 0.1) is 5.82 Å². The van der Waals surface area contributed by atoms with Crippen molar-refractivity contribution in [2.45, 2.75) is 19.1 Å². The van der Waals surface area contributed by atoms with Crippen molar-refractivity contribution in [3.63, 3.8) is 0 Å². The Kier molecular flexibility index (Phi) is 3.61. The van der Waals surface area contributed by atoms with E-state index in [4.69, 9.17) is 0 Å². The first kappa shape index (κ1) is 14.2. The monoisotopic (exact) mass is 286 g/mol. The number of hydrogen-bond donors (Lipinski definition) is 0. The lowest BCUT2D eigenvalue weighted by Gasteiger charge is -2.11.